The lowest BCUT2D eigenvalue weighted by Gasteiger charge is -2.26. The number of ether oxygens (including phenoxy) is 2. The standard InChI is InChI=1S/C23H24N2O3/c24-16-18-6-4-17(5-7-18)8-11-23(26)25-12-1-3-20(25)19-9-10-21-22(15-19)28-14-2-13-27-21/h4-7,9-10,15,20H,1-3,8,11-14H2. The first kappa shape index (κ1) is 18.4. The van der Waals surface area contributed by atoms with Crippen molar-refractivity contribution in [2.75, 3.05) is 19.8 Å². The van der Waals surface area contributed by atoms with Gasteiger partial charge in [-0.05, 0) is 54.7 Å². The van der Waals surface area contributed by atoms with Gasteiger partial charge in [0, 0.05) is 19.4 Å². The van der Waals surface area contributed by atoms with Crippen molar-refractivity contribution in [3.8, 4) is 17.6 Å². The van der Waals surface area contributed by atoms with Crippen LogP contribution in [0.4, 0.5) is 0 Å². The Morgan fingerprint density at radius 3 is 2.64 bits per heavy atom. The van der Waals surface area contributed by atoms with Crippen molar-refractivity contribution >= 4 is 5.91 Å². The number of aryl methyl sites for hydroxylation is 1. The van der Waals surface area contributed by atoms with Crippen LogP contribution < -0.4 is 9.47 Å². The summed E-state index contributed by atoms with van der Waals surface area (Å²) in [6, 6.07) is 15.7. The first-order valence-electron chi connectivity index (χ1n) is 9.92. The van der Waals surface area contributed by atoms with Gasteiger partial charge in [0.25, 0.3) is 0 Å². The first-order valence-corrected chi connectivity index (χ1v) is 9.92. The predicted molar refractivity (Wildman–Crippen MR) is 105 cm³/mol. The predicted octanol–water partition coefficient (Wildman–Crippen LogP) is 4.02. The van der Waals surface area contributed by atoms with E-state index in [1.165, 1.54) is 0 Å². The fourth-order valence-electron chi connectivity index (χ4n) is 3.94. The third-order valence-electron chi connectivity index (χ3n) is 5.44. The molecule has 2 heterocycles. The van der Waals surface area contributed by atoms with E-state index in [1.807, 2.05) is 29.2 Å². The average molecular weight is 376 g/mol. The third kappa shape index (κ3) is 3.96. The normalized spacial score (nSPS) is 18.4. The van der Waals surface area contributed by atoms with Gasteiger partial charge in [-0.1, -0.05) is 18.2 Å². The molecular weight excluding hydrogens is 352 g/mol. The van der Waals surface area contributed by atoms with E-state index in [9.17, 15) is 4.79 Å². The summed E-state index contributed by atoms with van der Waals surface area (Å²) in [6.07, 6.45) is 4.04. The number of hydrogen-bond acceptors (Lipinski definition) is 4. The summed E-state index contributed by atoms with van der Waals surface area (Å²) in [6.45, 7) is 2.13. The minimum atomic E-state index is 0.102. The molecule has 0 spiro atoms. The fraction of sp³-hybridized carbons (Fsp3) is 0.391. The molecule has 2 aromatic carbocycles. The lowest BCUT2D eigenvalue weighted by atomic mass is 10.0. The van der Waals surface area contributed by atoms with Gasteiger partial charge in [-0.15, -0.1) is 0 Å². The topological polar surface area (TPSA) is 62.6 Å². The van der Waals surface area contributed by atoms with Crippen molar-refractivity contribution in [3.05, 3.63) is 59.2 Å². The van der Waals surface area contributed by atoms with Gasteiger partial charge in [-0.25, -0.2) is 0 Å². The van der Waals surface area contributed by atoms with E-state index in [0.29, 0.717) is 31.6 Å². The Kier molecular flexibility index (Phi) is 5.48. The molecule has 2 aliphatic rings. The van der Waals surface area contributed by atoms with Crippen LogP contribution in [0.5, 0.6) is 11.5 Å². The van der Waals surface area contributed by atoms with Gasteiger partial charge in [0.2, 0.25) is 5.91 Å². The molecule has 1 atom stereocenters. The Labute approximate surface area is 165 Å². The average Bonchev–Trinajstić information content (AvgIpc) is 3.11. The van der Waals surface area contributed by atoms with Crippen LogP contribution in [-0.2, 0) is 11.2 Å². The molecule has 1 unspecified atom stereocenters. The zero-order valence-electron chi connectivity index (χ0n) is 15.9. The van der Waals surface area contributed by atoms with Crippen molar-refractivity contribution < 1.29 is 14.3 Å². The molecule has 4 rings (SSSR count). The highest BCUT2D eigenvalue weighted by molar-refractivity contribution is 5.77. The second-order valence-electron chi connectivity index (χ2n) is 7.31. The van der Waals surface area contributed by atoms with Gasteiger partial charge in [0.15, 0.2) is 11.5 Å². The van der Waals surface area contributed by atoms with Crippen LogP contribution in [0.2, 0.25) is 0 Å². The highest BCUT2D eigenvalue weighted by atomic mass is 16.5. The van der Waals surface area contributed by atoms with Crippen molar-refractivity contribution in [1.29, 1.82) is 5.26 Å². The van der Waals surface area contributed by atoms with Crippen LogP contribution in [0.3, 0.4) is 0 Å². The van der Waals surface area contributed by atoms with Gasteiger partial charge in [-0.2, -0.15) is 5.26 Å². The van der Waals surface area contributed by atoms with E-state index in [-0.39, 0.29) is 11.9 Å². The van der Waals surface area contributed by atoms with E-state index in [2.05, 4.69) is 12.1 Å². The van der Waals surface area contributed by atoms with E-state index >= 15 is 0 Å². The Balaban J connectivity index is 1.43. The van der Waals surface area contributed by atoms with Gasteiger partial charge in [0.05, 0.1) is 30.9 Å². The summed E-state index contributed by atoms with van der Waals surface area (Å²) in [5, 5.41) is 8.89. The molecule has 2 aromatic rings. The number of fused-ring (bicyclic) bond motifs is 1. The zero-order chi connectivity index (χ0) is 19.3. The summed E-state index contributed by atoms with van der Waals surface area (Å²) >= 11 is 0. The number of likely N-dealkylation sites (tertiary alicyclic amines) is 1. The number of carbonyl (C=O) groups excluding carboxylic acids is 1. The monoisotopic (exact) mass is 376 g/mol. The fourth-order valence-corrected chi connectivity index (χ4v) is 3.94. The molecular formula is C23H24N2O3. The second-order valence-corrected chi connectivity index (χ2v) is 7.31. The Hall–Kier alpha value is -3.00. The lowest BCUT2D eigenvalue weighted by molar-refractivity contribution is -0.132. The van der Waals surface area contributed by atoms with E-state index in [0.717, 1.165) is 48.4 Å². The van der Waals surface area contributed by atoms with Crippen LogP contribution in [0.15, 0.2) is 42.5 Å². The van der Waals surface area contributed by atoms with Crippen molar-refractivity contribution in [2.45, 2.75) is 38.1 Å². The maximum Gasteiger partial charge on any atom is 0.223 e. The summed E-state index contributed by atoms with van der Waals surface area (Å²) in [5.41, 5.74) is 2.84. The molecule has 0 bridgehead atoms. The Morgan fingerprint density at radius 1 is 1.07 bits per heavy atom. The smallest absolute Gasteiger partial charge is 0.223 e. The van der Waals surface area contributed by atoms with Crippen LogP contribution in [-0.4, -0.2) is 30.6 Å². The molecule has 5 nitrogen and oxygen atoms in total. The number of nitrogens with zero attached hydrogens (tertiary/aromatic N) is 2. The van der Waals surface area contributed by atoms with Gasteiger partial charge < -0.3 is 14.4 Å². The molecule has 144 valence electrons. The second kappa shape index (κ2) is 8.35. The third-order valence-corrected chi connectivity index (χ3v) is 5.44. The summed E-state index contributed by atoms with van der Waals surface area (Å²) in [7, 11) is 0. The molecule has 5 heteroatoms. The maximum atomic E-state index is 12.9. The summed E-state index contributed by atoms with van der Waals surface area (Å²) in [4.78, 5) is 14.9. The number of nitriles is 1. The minimum Gasteiger partial charge on any atom is -0.490 e. The number of amides is 1. The van der Waals surface area contributed by atoms with Crippen LogP contribution in [0, 0.1) is 11.3 Å². The highest BCUT2D eigenvalue weighted by Gasteiger charge is 2.30. The van der Waals surface area contributed by atoms with Crippen LogP contribution >= 0.6 is 0 Å². The number of hydrogen-bond donors (Lipinski definition) is 0. The molecule has 0 N–H and O–H groups in total. The molecule has 0 aromatic heterocycles. The Morgan fingerprint density at radius 2 is 1.86 bits per heavy atom. The van der Waals surface area contributed by atoms with E-state index < -0.39 is 0 Å². The number of carbonyl (C=O) groups is 1. The quantitative estimate of drug-likeness (QED) is 0.809. The van der Waals surface area contributed by atoms with Gasteiger partial charge in [-0.3, -0.25) is 4.79 Å². The first-order chi connectivity index (χ1) is 13.7. The maximum absolute atomic E-state index is 12.9. The molecule has 1 saturated heterocycles. The molecule has 28 heavy (non-hydrogen) atoms. The largest absolute Gasteiger partial charge is 0.490 e. The van der Waals surface area contributed by atoms with Crippen LogP contribution in [0.25, 0.3) is 0 Å². The molecule has 0 radical (unpaired) electrons. The van der Waals surface area contributed by atoms with Crippen molar-refractivity contribution in [3.63, 3.8) is 0 Å². The lowest BCUT2D eigenvalue weighted by Crippen LogP contribution is -2.30. The van der Waals surface area contributed by atoms with E-state index in [1.54, 1.807) is 12.1 Å². The summed E-state index contributed by atoms with van der Waals surface area (Å²) < 4.78 is 11.5. The van der Waals surface area contributed by atoms with E-state index in [4.69, 9.17) is 14.7 Å². The van der Waals surface area contributed by atoms with Crippen LogP contribution in [0.1, 0.15) is 48.4 Å². The Bertz CT molecular complexity index is 886. The molecule has 2 aliphatic heterocycles. The number of benzene rings is 2. The molecule has 0 aliphatic carbocycles. The number of rotatable bonds is 4. The summed E-state index contributed by atoms with van der Waals surface area (Å²) in [5.74, 6) is 1.75. The molecule has 1 amide bonds. The minimum absolute atomic E-state index is 0.102. The van der Waals surface area contributed by atoms with Gasteiger partial charge in [0.1, 0.15) is 0 Å². The molecule has 1 fully saturated rings. The molecule has 0 saturated carbocycles. The van der Waals surface area contributed by atoms with Gasteiger partial charge >= 0.3 is 0 Å². The zero-order valence-corrected chi connectivity index (χ0v) is 15.9. The van der Waals surface area contributed by atoms with Crippen molar-refractivity contribution in [2.24, 2.45) is 0 Å². The highest BCUT2D eigenvalue weighted by Crippen LogP contribution is 2.38. The SMILES string of the molecule is N#Cc1ccc(CCC(=O)N2CCCC2c2ccc3c(c2)OCCCO3)cc1. The van der Waals surface area contributed by atoms with Crippen molar-refractivity contribution in [1.82, 2.24) is 4.90 Å².